The van der Waals surface area contributed by atoms with Gasteiger partial charge in [-0.2, -0.15) is 0 Å². The number of rotatable bonds is 1. The van der Waals surface area contributed by atoms with E-state index in [2.05, 4.69) is 10.2 Å². The zero-order chi connectivity index (χ0) is 7.68. The normalized spacial score (nSPS) is 24.2. The summed E-state index contributed by atoms with van der Waals surface area (Å²) in [6.45, 7) is 1.61. The Labute approximate surface area is 68.4 Å². The van der Waals surface area contributed by atoms with Crippen LogP contribution in [-0.2, 0) is 4.74 Å². The number of hydrogen-bond donors (Lipinski definition) is 1. The molecule has 0 bridgehead atoms. The van der Waals surface area contributed by atoms with Gasteiger partial charge in [0.2, 0.25) is 5.13 Å². The third-order valence-electron chi connectivity index (χ3n) is 1.74. The van der Waals surface area contributed by atoms with Crippen LogP contribution in [0.5, 0.6) is 0 Å². The quantitative estimate of drug-likeness (QED) is 0.673. The lowest BCUT2D eigenvalue weighted by Crippen LogP contribution is -1.95. The van der Waals surface area contributed by atoms with E-state index in [-0.39, 0.29) is 0 Å². The summed E-state index contributed by atoms with van der Waals surface area (Å²) >= 11 is 1.46. The van der Waals surface area contributed by atoms with Crippen LogP contribution >= 0.6 is 11.3 Å². The van der Waals surface area contributed by atoms with Gasteiger partial charge in [-0.3, -0.25) is 0 Å². The van der Waals surface area contributed by atoms with Crippen LogP contribution in [0.1, 0.15) is 17.3 Å². The third kappa shape index (κ3) is 1.34. The summed E-state index contributed by atoms with van der Waals surface area (Å²) in [5, 5.41) is 9.28. The highest BCUT2D eigenvalue weighted by molar-refractivity contribution is 7.15. The molecule has 60 valence electrons. The number of nitrogen functional groups attached to an aromatic ring is 1. The molecule has 1 aliphatic rings. The molecule has 11 heavy (non-hydrogen) atoms. The highest BCUT2D eigenvalue weighted by Crippen LogP contribution is 2.27. The van der Waals surface area contributed by atoms with Crippen molar-refractivity contribution in [3.63, 3.8) is 0 Å². The molecule has 0 aromatic carbocycles. The highest BCUT2D eigenvalue weighted by Gasteiger charge is 2.21. The second kappa shape index (κ2) is 2.75. The van der Waals surface area contributed by atoms with Crippen molar-refractivity contribution in [1.82, 2.24) is 10.2 Å². The van der Waals surface area contributed by atoms with Crippen molar-refractivity contribution in [1.29, 1.82) is 0 Å². The van der Waals surface area contributed by atoms with Gasteiger partial charge in [0.05, 0.1) is 6.61 Å². The molecule has 0 amide bonds. The van der Waals surface area contributed by atoms with Crippen LogP contribution in [-0.4, -0.2) is 23.4 Å². The summed E-state index contributed by atoms with van der Waals surface area (Å²) in [6.07, 6.45) is 1.05. The number of anilines is 1. The van der Waals surface area contributed by atoms with Gasteiger partial charge in [-0.25, -0.2) is 0 Å². The lowest BCUT2D eigenvalue weighted by atomic mass is 10.1. The molecule has 0 radical (unpaired) electrons. The van der Waals surface area contributed by atoms with E-state index in [0.29, 0.717) is 11.0 Å². The Bertz CT molecular complexity index is 244. The van der Waals surface area contributed by atoms with Crippen LogP contribution in [0.4, 0.5) is 5.13 Å². The molecule has 1 aromatic heterocycles. The molecule has 5 heteroatoms. The minimum Gasteiger partial charge on any atom is -0.381 e. The molecule has 1 aromatic rings. The van der Waals surface area contributed by atoms with Crippen LogP contribution in [0.25, 0.3) is 0 Å². The fourth-order valence-electron chi connectivity index (χ4n) is 1.14. The van der Waals surface area contributed by atoms with Gasteiger partial charge in [-0.1, -0.05) is 11.3 Å². The molecule has 1 atom stereocenters. The van der Waals surface area contributed by atoms with Gasteiger partial charge in [0.25, 0.3) is 0 Å². The molecule has 2 heterocycles. The van der Waals surface area contributed by atoms with Crippen molar-refractivity contribution in [2.24, 2.45) is 0 Å². The Morgan fingerprint density at radius 1 is 1.55 bits per heavy atom. The van der Waals surface area contributed by atoms with Gasteiger partial charge >= 0.3 is 0 Å². The number of nitrogens with zero attached hydrogens (tertiary/aromatic N) is 2. The number of aromatic nitrogens is 2. The predicted molar refractivity (Wildman–Crippen MR) is 42.5 cm³/mol. The second-order valence-electron chi connectivity index (χ2n) is 2.54. The van der Waals surface area contributed by atoms with Crippen LogP contribution in [0.2, 0.25) is 0 Å². The first-order valence-electron chi connectivity index (χ1n) is 3.53. The average Bonchev–Trinajstić information content (AvgIpc) is 2.55. The molecule has 2 rings (SSSR count). The van der Waals surface area contributed by atoms with Crippen LogP contribution in [0.15, 0.2) is 0 Å². The van der Waals surface area contributed by atoms with Crippen LogP contribution < -0.4 is 5.73 Å². The number of hydrogen-bond acceptors (Lipinski definition) is 5. The van der Waals surface area contributed by atoms with Crippen LogP contribution in [0.3, 0.4) is 0 Å². The zero-order valence-electron chi connectivity index (χ0n) is 5.99. The minimum atomic E-state index is 0.435. The lowest BCUT2D eigenvalue weighted by molar-refractivity contribution is 0.194. The summed E-state index contributed by atoms with van der Waals surface area (Å²) in [4.78, 5) is 0. The standard InChI is InChI=1S/C6H9N3OS/c7-6-9-8-5(11-6)4-1-2-10-3-4/h4H,1-3H2,(H2,7,9)/t4-/m0/s1. The number of ether oxygens (including phenoxy) is 1. The fourth-order valence-corrected chi connectivity index (χ4v) is 1.87. The Hall–Kier alpha value is -0.680. The monoisotopic (exact) mass is 171 g/mol. The molecule has 2 N–H and O–H groups in total. The third-order valence-corrected chi connectivity index (χ3v) is 2.65. The SMILES string of the molecule is Nc1nnc([C@H]2CCOC2)s1. The summed E-state index contributed by atoms with van der Waals surface area (Å²) in [5.74, 6) is 0.435. The lowest BCUT2D eigenvalue weighted by Gasteiger charge is -1.98. The fraction of sp³-hybridized carbons (Fsp3) is 0.667. The van der Waals surface area contributed by atoms with Crippen molar-refractivity contribution >= 4 is 16.5 Å². The average molecular weight is 171 g/mol. The molecule has 1 saturated heterocycles. The van der Waals surface area contributed by atoms with Gasteiger partial charge in [0.15, 0.2) is 0 Å². The zero-order valence-corrected chi connectivity index (χ0v) is 6.80. The summed E-state index contributed by atoms with van der Waals surface area (Å²) < 4.78 is 5.22. The first kappa shape index (κ1) is 7.00. The smallest absolute Gasteiger partial charge is 0.203 e. The summed E-state index contributed by atoms with van der Waals surface area (Å²) in [7, 11) is 0. The van der Waals surface area contributed by atoms with E-state index in [1.165, 1.54) is 11.3 Å². The minimum absolute atomic E-state index is 0.435. The van der Waals surface area contributed by atoms with E-state index < -0.39 is 0 Å². The van der Waals surface area contributed by atoms with Crippen molar-refractivity contribution in [2.75, 3.05) is 18.9 Å². The first-order chi connectivity index (χ1) is 5.36. The van der Waals surface area contributed by atoms with E-state index in [1.807, 2.05) is 0 Å². The largest absolute Gasteiger partial charge is 0.381 e. The molecule has 0 unspecified atom stereocenters. The van der Waals surface area contributed by atoms with E-state index >= 15 is 0 Å². The van der Waals surface area contributed by atoms with Crippen molar-refractivity contribution in [2.45, 2.75) is 12.3 Å². The van der Waals surface area contributed by atoms with E-state index in [0.717, 1.165) is 24.6 Å². The maximum Gasteiger partial charge on any atom is 0.203 e. The van der Waals surface area contributed by atoms with Gasteiger partial charge in [0, 0.05) is 12.5 Å². The van der Waals surface area contributed by atoms with Crippen LogP contribution in [0, 0.1) is 0 Å². The van der Waals surface area contributed by atoms with Crippen molar-refractivity contribution in [3.8, 4) is 0 Å². The molecule has 4 nitrogen and oxygen atoms in total. The van der Waals surface area contributed by atoms with Gasteiger partial charge in [0.1, 0.15) is 5.01 Å². The van der Waals surface area contributed by atoms with Gasteiger partial charge < -0.3 is 10.5 Å². The summed E-state index contributed by atoms with van der Waals surface area (Å²) in [6, 6.07) is 0. The number of nitrogens with two attached hydrogens (primary N) is 1. The highest BCUT2D eigenvalue weighted by atomic mass is 32.1. The molecule has 0 saturated carbocycles. The van der Waals surface area contributed by atoms with Gasteiger partial charge in [-0.15, -0.1) is 10.2 Å². The Morgan fingerprint density at radius 3 is 3.00 bits per heavy atom. The van der Waals surface area contributed by atoms with E-state index in [1.54, 1.807) is 0 Å². The Kier molecular flexibility index (Phi) is 1.75. The predicted octanol–water partition coefficient (Wildman–Crippen LogP) is 0.624. The Balaban J connectivity index is 2.15. The first-order valence-corrected chi connectivity index (χ1v) is 4.34. The molecular formula is C6H9N3OS. The van der Waals surface area contributed by atoms with E-state index in [4.69, 9.17) is 10.5 Å². The molecule has 1 fully saturated rings. The van der Waals surface area contributed by atoms with Gasteiger partial charge in [-0.05, 0) is 6.42 Å². The topological polar surface area (TPSA) is 61.0 Å². The maximum atomic E-state index is 5.45. The maximum absolute atomic E-state index is 5.45. The van der Waals surface area contributed by atoms with E-state index in [9.17, 15) is 0 Å². The molecule has 0 aliphatic carbocycles. The molecule has 0 spiro atoms. The summed E-state index contributed by atoms with van der Waals surface area (Å²) in [5.41, 5.74) is 5.45. The second-order valence-corrected chi connectivity index (χ2v) is 3.58. The molecular weight excluding hydrogens is 162 g/mol. The van der Waals surface area contributed by atoms with Crippen molar-refractivity contribution < 1.29 is 4.74 Å². The Morgan fingerprint density at radius 2 is 2.45 bits per heavy atom. The van der Waals surface area contributed by atoms with Crippen molar-refractivity contribution in [3.05, 3.63) is 5.01 Å². The molecule has 1 aliphatic heterocycles.